The number of aryl methyl sites for hydroxylation is 2. The SMILES string of the molecule is Cc1ccc(C)c(Oc2cc(C(F)(F)F)cc(N)n2)c1. The number of halogens is 3. The van der Waals surface area contributed by atoms with Gasteiger partial charge in [0.2, 0.25) is 5.88 Å². The second kappa shape index (κ2) is 5.03. The van der Waals surface area contributed by atoms with Crippen LogP contribution in [0.1, 0.15) is 16.7 Å². The van der Waals surface area contributed by atoms with Gasteiger partial charge in [0.1, 0.15) is 11.6 Å². The monoisotopic (exact) mass is 282 g/mol. The van der Waals surface area contributed by atoms with Gasteiger partial charge in [0.05, 0.1) is 5.56 Å². The van der Waals surface area contributed by atoms with Crippen LogP contribution in [0.5, 0.6) is 11.6 Å². The van der Waals surface area contributed by atoms with Crippen LogP contribution in [-0.4, -0.2) is 4.98 Å². The first-order valence-electron chi connectivity index (χ1n) is 5.85. The zero-order valence-electron chi connectivity index (χ0n) is 11.0. The fourth-order valence-corrected chi connectivity index (χ4v) is 1.67. The van der Waals surface area contributed by atoms with Crippen molar-refractivity contribution in [3.63, 3.8) is 0 Å². The molecule has 20 heavy (non-hydrogen) atoms. The Hall–Kier alpha value is -2.24. The minimum Gasteiger partial charge on any atom is -0.439 e. The van der Waals surface area contributed by atoms with Crippen molar-refractivity contribution in [3.05, 3.63) is 47.0 Å². The number of hydrogen-bond acceptors (Lipinski definition) is 3. The molecule has 0 unspecified atom stereocenters. The summed E-state index contributed by atoms with van der Waals surface area (Å²) in [5, 5.41) is 0. The number of nitrogen functional groups attached to an aromatic ring is 1. The van der Waals surface area contributed by atoms with Crippen molar-refractivity contribution >= 4 is 5.82 Å². The lowest BCUT2D eigenvalue weighted by molar-refractivity contribution is -0.137. The van der Waals surface area contributed by atoms with Gasteiger partial charge in [-0.15, -0.1) is 0 Å². The molecule has 0 aliphatic rings. The summed E-state index contributed by atoms with van der Waals surface area (Å²) in [5.74, 6) is 0.0439. The van der Waals surface area contributed by atoms with Crippen molar-refractivity contribution < 1.29 is 17.9 Å². The molecule has 3 nitrogen and oxygen atoms in total. The second-order valence-corrected chi connectivity index (χ2v) is 4.49. The van der Waals surface area contributed by atoms with E-state index in [1.807, 2.05) is 19.1 Å². The van der Waals surface area contributed by atoms with Gasteiger partial charge in [0, 0.05) is 6.07 Å². The quantitative estimate of drug-likeness (QED) is 0.902. The summed E-state index contributed by atoms with van der Waals surface area (Å²) in [5.41, 5.74) is 6.24. The van der Waals surface area contributed by atoms with E-state index in [0.717, 1.165) is 23.3 Å². The largest absolute Gasteiger partial charge is 0.439 e. The Morgan fingerprint density at radius 3 is 2.45 bits per heavy atom. The average molecular weight is 282 g/mol. The Bertz CT molecular complexity index is 639. The van der Waals surface area contributed by atoms with E-state index in [2.05, 4.69) is 4.98 Å². The van der Waals surface area contributed by atoms with Gasteiger partial charge in [0.25, 0.3) is 0 Å². The summed E-state index contributed by atoms with van der Waals surface area (Å²) >= 11 is 0. The molecule has 0 aliphatic heterocycles. The minimum atomic E-state index is -4.49. The first-order valence-corrected chi connectivity index (χ1v) is 5.85. The summed E-state index contributed by atoms with van der Waals surface area (Å²) in [7, 11) is 0. The van der Waals surface area contributed by atoms with Gasteiger partial charge in [0.15, 0.2) is 0 Å². The number of benzene rings is 1. The van der Waals surface area contributed by atoms with E-state index in [1.165, 1.54) is 0 Å². The van der Waals surface area contributed by atoms with Gasteiger partial charge in [-0.1, -0.05) is 12.1 Å². The standard InChI is InChI=1S/C14H13F3N2O/c1-8-3-4-9(2)11(5-8)20-13-7-10(14(15,16)17)6-12(18)19-13/h3-7H,1-2H3,(H2,18,19). The average Bonchev–Trinajstić information content (AvgIpc) is 2.32. The molecule has 0 amide bonds. The third-order valence-corrected chi connectivity index (χ3v) is 2.71. The van der Waals surface area contributed by atoms with Crippen molar-refractivity contribution in [1.82, 2.24) is 4.98 Å². The molecule has 0 fully saturated rings. The predicted molar refractivity (Wildman–Crippen MR) is 69.6 cm³/mol. The number of nitrogens with zero attached hydrogens (tertiary/aromatic N) is 1. The van der Waals surface area contributed by atoms with E-state index < -0.39 is 11.7 Å². The Morgan fingerprint density at radius 1 is 1.10 bits per heavy atom. The number of pyridine rings is 1. The molecule has 1 aromatic carbocycles. The number of aromatic nitrogens is 1. The smallest absolute Gasteiger partial charge is 0.416 e. The number of nitrogens with two attached hydrogens (primary N) is 1. The highest BCUT2D eigenvalue weighted by molar-refractivity contribution is 5.42. The second-order valence-electron chi connectivity index (χ2n) is 4.49. The summed E-state index contributed by atoms with van der Waals surface area (Å²) in [6.07, 6.45) is -4.49. The maximum atomic E-state index is 12.7. The van der Waals surface area contributed by atoms with Crippen molar-refractivity contribution in [1.29, 1.82) is 0 Å². The molecule has 0 saturated carbocycles. The molecular weight excluding hydrogens is 269 g/mol. The molecule has 6 heteroatoms. The molecule has 0 bridgehead atoms. The van der Waals surface area contributed by atoms with E-state index in [4.69, 9.17) is 10.5 Å². The molecular formula is C14H13F3N2O. The highest BCUT2D eigenvalue weighted by Crippen LogP contribution is 2.33. The Morgan fingerprint density at radius 2 is 1.80 bits per heavy atom. The van der Waals surface area contributed by atoms with Crippen LogP contribution in [0.2, 0.25) is 0 Å². The summed E-state index contributed by atoms with van der Waals surface area (Å²) in [4.78, 5) is 3.77. The number of anilines is 1. The lowest BCUT2D eigenvalue weighted by Crippen LogP contribution is -2.07. The molecule has 1 aromatic heterocycles. The maximum Gasteiger partial charge on any atom is 0.416 e. The summed E-state index contributed by atoms with van der Waals surface area (Å²) in [6, 6.07) is 7.04. The predicted octanol–water partition coefficient (Wildman–Crippen LogP) is 4.09. The molecule has 0 radical (unpaired) electrons. The molecule has 0 aliphatic carbocycles. The van der Waals surface area contributed by atoms with Crippen LogP contribution < -0.4 is 10.5 Å². The highest BCUT2D eigenvalue weighted by atomic mass is 19.4. The number of ether oxygens (including phenoxy) is 1. The lowest BCUT2D eigenvalue weighted by atomic mass is 10.1. The molecule has 0 saturated heterocycles. The first kappa shape index (κ1) is 14.2. The van der Waals surface area contributed by atoms with Crippen molar-refractivity contribution in [3.8, 4) is 11.6 Å². The Balaban J connectivity index is 2.39. The van der Waals surface area contributed by atoms with E-state index >= 15 is 0 Å². The van der Waals surface area contributed by atoms with Gasteiger partial charge in [-0.05, 0) is 37.1 Å². The Kier molecular flexibility index (Phi) is 3.57. The maximum absolute atomic E-state index is 12.7. The van der Waals surface area contributed by atoms with E-state index in [1.54, 1.807) is 13.0 Å². The Labute approximate surface area is 114 Å². The van der Waals surface area contributed by atoms with Crippen molar-refractivity contribution in [2.24, 2.45) is 0 Å². The van der Waals surface area contributed by atoms with Gasteiger partial charge in [-0.3, -0.25) is 0 Å². The molecule has 1 heterocycles. The zero-order chi connectivity index (χ0) is 14.9. The zero-order valence-corrected chi connectivity index (χ0v) is 11.0. The van der Waals surface area contributed by atoms with Gasteiger partial charge >= 0.3 is 6.18 Å². The van der Waals surface area contributed by atoms with E-state index in [-0.39, 0.29) is 11.7 Å². The molecule has 2 N–H and O–H groups in total. The molecule has 2 aromatic rings. The molecule has 0 atom stereocenters. The topological polar surface area (TPSA) is 48.1 Å². The van der Waals surface area contributed by atoms with Crippen LogP contribution in [0.25, 0.3) is 0 Å². The fourth-order valence-electron chi connectivity index (χ4n) is 1.67. The molecule has 0 spiro atoms. The van der Waals surface area contributed by atoms with E-state index in [0.29, 0.717) is 5.75 Å². The number of rotatable bonds is 2. The van der Waals surface area contributed by atoms with Crippen LogP contribution in [0.4, 0.5) is 19.0 Å². The minimum absolute atomic E-state index is 0.175. The lowest BCUT2D eigenvalue weighted by Gasteiger charge is -2.12. The third kappa shape index (κ3) is 3.20. The van der Waals surface area contributed by atoms with Crippen molar-refractivity contribution in [2.45, 2.75) is 20.0 Å². The third-order valence-electron chi connectivity index (χ3n) is 2.71. The number of alkyl halides is 3. The van der Waals surface area contributed by atoms with Gasteiger partial charge < -0.3 is 10.5 Å². The van der Waals surface area contributed by atoms with E-state index in [9.17, 15) is 13.2 Å². The summed E-state index contributed by atoms with van der Waals surface area (Å²) in [6.45, 7) is 3.66. The van der Waals surface area contributed by atoms with Gasteiger partial charge in [-0.2, -0.15) is 18.2 Å². The number of hydrogen-bond donors (Lipinski definition) is 1. The first-order chi connectivity index (χ1) is 9.25. The molecule has 2 rings (SSSR count). The van der Waals surface area contributed by atoms with Crippen LogP contribution in [0.15, 0.2) is 30.3 Å². The highest BCUT2D eigenvalue weighted by Gasteiger charge is 2.31. The molecule has 106 valence electrons. The fraction of sp³-hybridized carbons (Fsp3) is 0.214. The van der Waals surface area contributed by atoms with Crippen LogP contribution in [0.3, 0.4) is 0 Å². The van der Waals surface area contributed by atoms with Crippen molar-refractivity contribution in [2.75, 3.05) is 5.73 Å². The van der Waals surface area contributed by atoms with Crippen LogP contribution in [-0.2, 0) is 6.18 Å². The summed E-state index contributed by atoms with van der Waals surface area (Å²) < 4.78 is 43.5. The normalized spacial score (nSPS) is 11.4. The van der Waals surface area contributed by atoms with Crippen LogP contribution in [0, 0.1) is 13.8 Å². The van der Waals surface area contributed by atoms with Gasteiger partial charge in [-0.25, -0.2) is 0 Å². The van der Waals surface area contributed by atoms with Crippen LogP contribution >= 0.6 is 0 Å².